The Balaban J connectivity index is 1.65. The van der Waals surface area contributed by atoms with E-state index in [1.54, 1.807) is 0 Å². The van der Waals surface area contributed by atoms with Gasteiger partial charge in [0.25, 0.3) is 0 Å². The average molecular weight is 563 g/mol. The maximum atomic E-state index is 2.24. The van der Waals surface area contributed by atoms with Gasteiger partial charge in [0, 0.05) is 0 Å². The minimum atomic E-state index is 1.13. The minimum Gasteiger partial charge on any atom is -0.0623 e. The van der Waals surface area contributed by atoms with E-state index in [0.29, 0.717) is 0 Å². The Bertz CT molecular complexity index is 2050. The zero-order valence-electron chi connectivity index (χ0n) is 24.6. The second-order valence-electron chi connectivity index (χ2n) is 10.5. The molecule has 0 heterocycles. The van der Waals surface area contributed by atoms with Crippen LogP contribution >= 0.6 is 0 Å². The molecule has 0 bridgehead atoms. The molecule has 44 heavy (non-hydrogen) atoms. The normalized spacial score (nSPS) is 10.3. The SMILES string of the molecule is c1ccccc(-c2ccccccc(-c3ccccccc(-c4cccc5ccccc45)c4ccccc34)cc2)cccc1. The fourth-order valence-electron chi connectivity index (χ4n) is 5.51. The first-order chi connectivity index (χ1) is 21.9. The molecule has 0 aliphatic heterocycles. The monoisotopic (exact) mass is 562 g/mol. The standard InChI is InChI=1S/C44H34/c1-2-4-10-21-35(22-11-5-3-1)36-23-12-6-7-13-24-38(34-33-36)40-27-14-8-9-15-29-43(44-31-19-18-30-41(40)44)42-32-20-26-37-25-16-17-28-39(37)42/h1-34H. The van der Waals surface area contributed by atoms with E-state index in [2.05, 4.69) is 188 Å². The smallest absolute Gasteiger partial charge is 0.00990 e. The molecule has 0 unspecified atom stereocenters. The zero-order valence-corrected chi connectivity index (χ0v) is 24.6. The van der Waals surface area contributed by atoms with Crippen molar-refractivity contribution in [1.82, 2.24) is 0 Å². The molecule has 0 heteroatoms. The Hall–Kier alpha value is -5.72. The maximum Gasteiger partial charge on any atom is -0.00990 e. The van der Waals surface area contributed by atoms with Gasteiger partial charge in [-0.15, -0.1) is 0 Å². The molecule has 6 aromatic rings. The van der Waals surface area contributed by atoms with Gasteiger partial charge in [-0.05, 0) is 54.9 Å². The van der Waals surface area contributed by atoms with Crippen LogP contribution in [0.3, 0.4) is 0 Å². The summed E-state index contributed by atoms with van der Waals surface area (Å²) >= 11 is 0. The fourth-order valence-corrected chi connectivity index (χ4v) is 5.51. The third-order valence-corrected chi connectivity index (χ3v) is 7.64. The molecule has 0 amide bonds. The third-order valence-electron chi connectivity index (χ3n) is 7.64. The summed E-state index contributed by atoms with van der Waals surface area (Å²) in [7, 11) is 0. The van der Waals surface area contributed by atoms with Crippen molar-refractivity contribution in [2.24, 2.45) is 0 Å². The molecule has 0 aliphatic rings. The van der Waals surface area contributed by atoms with Gasteiger partial charge in [-0.1, -0.05) is 206 Å². The van der Waals surface area contributed by atoms with Gasteiger partial charge in [-0.3, -0.25) is 0 Å². The van der Waals surface area contributed by atoms with Crippen LogP contribution in [0.25, 0.3) is 54.9 Å². The molecule has 0 aliphatic carbocycles. The maximum absolute atomic E-state index is 2.24. The van der Waals surface area contributed by atoms with Crippen molar-refractivity contribution in [3.8, 4) is 33.4 Å². The third kappa shape index (κ3) is 6.84. The van der Waals surface area contributed by atoms with Gasteiger partial charge in [0.05, 0.1) is 0 Å². The van der Waals surface area contributed by atoms with Crippen LogP contribution in [0, 0.1) is 0 Å². The Kier molecular flexibility index (Phi) is 9.33. The molecular weight excluding hydrogens is 528 g/mol. The van der Waals surface area contributed by atoms with E-state index >= 15 is 0 Å². The quantitative estimate of drug-likeness (QED) is 0.201. The molecule has 0 aromatic heterocycles. The lowest BCUT2D eigenvalue weighted by Crippen LogP contribution is -1.84. The van der Waals surface area contributed by atoms with Gasteiger partial charge in [0.15, 0.2) is 0 Å². The predicted molar refractivity (Wildman–Crippen MR) is 191 cm³/mol. The largest absolute Gasteiger partial charge is 0.0623 e. The van der Waals surface area contributed by atoms with Crippen LogP contribution in [0.4, 0.5) is 0 Å². The van der Waals surface area contributed by atoms with Gasteiger partial charge in [-0.2, -0.15) is 0 Å². The second kappa shape index (κ2) is 14.4. The first-order valence-electron chi connectivity index (χ1n) is 15.0. The van der Waals surface area contributed by atoms with Crippen molar-refractivity contribution in [3.05, 3.63) is 206 Å². The van der Waals surface area contributed by atoms with Crippen LogP contribution in [0.15, 0.2) is 206 Å². The Morgan fingerprint density at radius 1 is 0.182 bits per heavy atom. The summed E-state index contributed by atoms with van der Waals surface area (Å²) in [6.45, 7) is 0. The van der Waals surface area contributed by atoms with Gasteiger partial charge in [-0.25, -0.2) is 0 Å². The molecule has 210 valence electrons. The molecule has 0 spiro atoms. The number of hydrogen-bond donors (Lipinski definition) is 0. The van der Waals surface area contributed by atoms with Crippen LogP contribution in [0.2, 0.25) is 0 Å². The summed E-state index contributed by atoms with van der Waals surface area (Å²) in [5.41, 5.74) is 6.98. The van der Waals surface area contributed by atoms with Crippen molar-refractivity contribution in [2.75, 3.05) is 0 Å². The summed E-state index contributed by atoms with van der Waals surface area (Å²) in [5.74, 6) is 0. The molecule has 6 rings (SSSR count). The van der Waals surface area contributed by atoms with Crippen molar-refractivity contribution in [3.63, 3.8) is 0 Å². The van der Waals surface area contributed by atoms with E-state index in [1.165, 1.54) is 32.7 Å². The van der Waals surface area contributed by atoms with Crippen molar-refractivity contribution < 1.29 is 0 Å². The first-order valence-corrected chi connectivity index (χ1v) is 15.0. The molecule has 0 atom stereocenters. The number of benzene rings is 3. The lowest BCUT2D eigenvalue weighted by molar-refractivity contribution is 1.63. The van der Waals surface area contributed by atoms with E-state index < -0.39 is 0 Å². The lowest BCUT2D eigenvalue weighted by atomic mass is 9.93. The Morgan fingerprint density at radius 3 is 1.16 bits per heavy atom. The van der Waals surface area contributed by atoms with Crippen molar-refractivity contribution in [2.45, 2.75) is 0 Å². The van der Waals surface area contributed by atoms with Crippen LogP contribution in [0.5, 0.6) is 0 Å². The van der Waals surface area contributed by atoms with E-state index in [1.807, 2.05) is 18.2 Å². The highest BCUT2D eigenvalue weighted by molar-refractivity contribution is 6.08. The van der Waals surface area contributed by atoms with Gasteiger partial charge in [0.1, 0.15) is 0 Å². The number of rotatable bonds is 3. The molecule has 0 N–H and O–H groups in total. The Labute approximate surface area is 260 Å². The van der Waals surface area contributed by atoms with Crippen LogP contribution in [-0.2, 0) is 0 Å². The number of hydrogen-bond acceptors (Lipinski definition) is 0. The molecule has 0 radical (unpaired) electrons. The topological polar surface area (TPSA) is 0 Å². The molecule has 0 saturated heterocycles. The Morgan fingerprint density at radius 2 is 0.523 bits per heavy atom. The second-order valence-corrected chi connectivity index (χ2v) is 10.5. The molecule has 6 aromatic carbocycles. The van der Waals surface area contributed by atoms with E-state index in [-0.39, 0.29) is 0 Å². The molecule has 0 saturated carbocycles. The predicted octanol–water partition coefficient (Wildman–Crippen LogP) is 12.4. The minimum absolute atomic E-state index is 1.13. The van der Waals surface area contributed by atoms with Crippen molar-refractivity contribution in [1.29, 1.82) is 0 Å². The highest BCUT2D eigenvalue weighted by Crippen LogP contribution is 2.35. The van der Waals surface area contributed by atoms with Crippen molar-refractivity contribution >= 4 is 21.5 Å². The van der Waals surface area contributed by atoms with Crippen LogP contribution < -0.4 is 0 Å². The van der Waals surface area contributed by atoms with Gasteiger partial charge in [0.2, 0.25) is 0 Å². The molecular formula is C44H34. The van der Waals surface area contributed by atoms with Crippen LogP contribution in [0.1, 0.15) is 0 Å². The summed E-state index contributed by atoms with van der Waals surface area (Å²) in [4.78, 5) is 0. The fraction of sp³-hybridized carbons (Fsp3) is 0. The summed E-state index contributed by atoms with van der Waals surface area (Å²) in [6, 6.07) is 72.8. The first kappa shape index (κ1) is 28.4. The van der Waals surface area contributed by atoms with E-state index in [9.17, 15) is 0 Å². The zero-order chi connectivity index (χ0) is 29.8. The lowest BCUT2D eigenvalue weighted by Gasteiger charge is -2.11. The highest BCUT2D eigenvalue weighted by Gasteiger charge is 2.08. The van der Waals surface area contributed by atoms with Crippen LogP contribution in [-0.4, -0.2) is 0 Å². The molecule has 0 nitrogen and oxygen atoms in total. The molecule has 0 fully saturated rings. The number of fused-ring (bicyclic) bond motifs is 2. The van der Waals surface area contributed by atoms with Gasteiger partial charge < -0.3 is 0 Å². The highest BCUT2D eigenvalue weighted by atomic mass is 14.1. The van der Waals surface area contributed by atoms with E-state index in [0.717, 1.165) is 22.3 Å². The summed E-state index contributed by atoms with van der Waals surface area (Å²) < 4.78 is 0. The van der Waals surface area contributed by atoms with E-state index in [4.69, 9.17) is 0 Å². The average Bonchev–Trinajstić information content (AvgIpc) is 3.07. The summed E-state index contributed by atoms with van der Waals surface area (Å²) in [5, 5.41) is 4.87. The summed E-state index contributed by atoms with van der Waals surface area (Å²) in [6.07, 6.45) is 0. The van der Waals surface area contributed by atoms with Gasteiger partial charge >= 0.3 is 0 Å².